The average molecular weight is 353 g/mol. The number of nitrogens with one attached hydrogen (secondary N) is 2. The Morgan fingerprint density at radius 3 is 2.57 bits per heavy atom. The second kappa shape index (κ2) is 6.85. The van der Waals surface area contributed by atoms with Gasteiger partial charge in [0.1, 0.15) is 23.3 Å². The highest BCUT2D eigenvalue weighted by atomic mass is 79.9. The van der Waals surface area contributed by atoms with Crippen LogP contribution in [0.25, 0.3) is 0 Å². The molecule has 21 heavy (non-hydrogen) atoms. The van der Waals surface area contributed by atoms with E-state index in [0.29, 0.717) is 16.0 Å². The lowest BCUT2D eigenvalue weighted by Crippen LogP contribution is -2.04. The zero-order valence-corrected chi connectivity index (χ0v) is 13.9. The third-order valence-electron chi connectivity index (χ3n) is 3.03. The summed E-state index contributed by atoms with van der Waals surface area (Å²) >= 11 is 3.18. The van der Waals surface area contributed by atoms with Gasteiger partial charge in [0.15, 0.2) is 0 Å². The molecule has 0 aliphatic carbocycles. The second-order valence-electron chi connectivity index (χ2n) is 4.76. The van der Waals surface area contributed by atoms with Gasteiger partial charge in [0.25, 0.3) is 0 Å². The van der Waals surface area contributed by atoms with Crippen LogP contribution in [-0.2, 0) is 6.42 Å². The van der Waals surface area contributed by atoms with E-state index in [1.54, 1.807) is 12.1 Å². The van der Waals surface area contributed by atoms with Gasteiger partial charge in [-0.05, 0) is 47.0 Å². The molecule has 1 aromatic heterocycles. The standard InChI is InChI=1S/C15H18BrFN4/c1-4-5-13-20-14(18-3)8-15(21-13)19-12-7-11(17)10(16)6-9(12)2/h6-8H,4-5H2,1-3H3,(H2,18,19,20,21). The zero-order chi connectivity index (χ0) is 15.4. The molecule has 0 spiro atoms. The molecule has 112 valence electrons. The van der Waals surface area contributed by atoms with Gasteiger partial charge in [0.05, 0.1) is 4.47 Å². The summed E-state index contributed by atoms with van der Waals surface area (Å²) in [6, 6.07) is 5.00. The number of halogens is 2. The van der Waals surface area contributed by atoms with Crippen molar-refractivity contribution in [2.75, 3.05) is 17.7 Å². The van der Waals surface area contributed by atoms with Crippen LogP contribution in [0.15, 0.2) is 22.7 Å². The normalized spacial score (nSPS) is 10.5. The fraction of sp³-hybridized carbons (Fsp3) is 0.333. The molecule has 0 fully saturated rings. The topological polar surface area (TPSA) is 49.8 Å². The summed E-state index contributed by atoms with van der Waals surface area (Å²) in [6.07, 6.45) is 1.77. The van der Waals surface area contributed by atoms with E-state index in [0.717, 1.165) is 30.0 Å². The van der Waals surface area contributed by atoms with Crippen molar-refractivity contribution in [1.29, 1.82) is 0 Å². The molecule has 0 saturated heterocycles. The third kappa shape index (κ3) is 3.91. The number of benzene rings is 1. The van der Waals surface area contributed by atoms with Crippen molar-refractivity contribution in [3.8, 4) is 0 Å². The Kier molecular flexibility index (Phi) is 5.12. The van der Waals surface area contributed by atoms with Crippen LogP contribution in [0.1, 0.15) is 24.7 Å². The molecule has 0 bridgehead atoms. The summed E-state index contributed by atoms with van der Waals surface area (Å²) in [5.74, 6) is 1.86. The quantitative estimate of drug-likeness (QED) is 0.835. The highest BCUT2D eigenvalue weighted by molar-refractivity contribution is 9.10. The van der Waals surface area contributed by atoms with Crippen LogP contribution in [-0.4, -0.2) is 17.0 Å². The Labute approximate surface area is 132 Å². The first-order valence-corrected chi connectivity index (χ1v) is 7.61. The molecule has 2 rings (SSSR count). The minimum atomic E-state index is -0.306. The minimum absolute atomic E-state index is 0.306. The maximum Gasteiger partial charge on any atom is 0.139 e. The monoisotopic (exact) mass is 352 g/mol. The van der Waals surface area contributed by atoms with Crippen molar-refractivity contribution in [2.45, 2.75) is 26.7 Å². The fourth-order valence-electron chi connectivity index (χ4n) is 1.94. The molecule has 0 radical (unpaired) electrons. The number of aryl methyl sites for hydroxylation is 2. The molecule has 6 heteroatoms. The Bertz CT molecular complexity index is 646. The van der Waals surface area contributed by atoms with Crippen molar-refractivity contribution < 1.29 is 4.39 Å². The van der Waals surface area contributed by atoms with Gasteiger partial charge in [-0.25, -0.2) is 14.4 Å². The smallest absolute Gasteiger partial charge is 0.139 e. The number of rotatable bonds is 5. The average Bonchev–Trinajstić information content (AvgIpc) is 2.45. The van der Waals surface area contributed by atoms with E-state index in [4.69, 9.17) is 0 Å². The van der Waals surface area contributed by atoms with Crippen LogP contribution in [0.2, 0.25) is 0 Å². The molecule has 0 unspecified atom stereocenters. The van der Waals surface area contributed by atoms with E-state index in [1.807, 2.05) is 14.0 Å². The Morgan fingerprint density at radius 1 is 1.19 bits per heavy atom. The van der Waals surface area contributed by atoms with Gasteiger partial charge in [-0.15, -0.1) is 0 Å². The zero-order valence-electron chi connectivity index (χ0n) is 12.3. The molecule has 0 aliphatic rings. The first-order valence-electron chi connectivity index (χ1n) is 6.82. The lowest BCUT2D eigenvalue weighted by atomic mass is 10.2. The Balaban J connectivity index is 2.34. The van der Waals surface area contributed by atoms with Gasteiger partial charge in [-0.1, -0.05) is 6.92 Å². The van der Waals surface area contributed by atoms with Crippen molar-refractivity contribution >= 4 is 33.3 Å². The van der Waals surface area contributed by atoms with Crippen molar-refractivity contribution in [1.82, 2.24) is 9.97 Å². The van der Waals surface area contributed by atoms with Crippen LogP contribution in [0, 0.1) is 12.7 Å². The molecule has 1 aromatic carbocycles. The largest absolute Gasteiger partial charge is 0.373 e. The van der Waals surface area contributed by atoms with E-state index in [1.165, 1.54) is 6.07 Å². The lowest BCUT2D eigenvalue weighted by molar-refractivity contribution is 0.621. The number of anilines is 3. The molecule has 2 N–H and O–H groups in total. The molecule has 1 heterocycles. The summed E-state index contributed by atoms with van der Waals surface area (Å²) in [5.41, 5.74) is 1.63. The first kappa shape index (κ1) is 15.7. The number of hydrogen-bond donors (Lipinski definition) is 2. The molecule has 0 aliphatic heterocycles. The van der Waals surface area contributed by atoms with Gasteiger partial charge in [-0.2, -0.15) is 0 Å². The summed E-state index contributed by atoms with van der Waals surface area (Å²) in [6.45, 7) is 4.00. The van der Waals surface area contributed by atoms with Crippen molar-refractivity contribution in [3.63, 3.8) is 0 Å². The lowest BCUT2D eigenvalue weighted by Gasteiger charge is -2.12. The SMILES string of the molecule is CCCc1nc(NC)cc(Nc2cc(F)c(Br)cc2C)n1. The molecule has 0 atom stereocenters. The van der Waals surface area contributed by atoms with Gasteiger partial charge in [0.2, 0.25) is 0 Å². The summed E-state index contributed by atoms with van der Waals surface area (Å²) in [4.78, 5) is 8.86. The van der Waals surface area contributed by atoms with Gasteiger partial charge < -0.3 is 10.6 Å². The van der Waals surface area contributed by atoms with Crippen LogP contribution in [0.5, 0.6) is 0 Å². The Hall–Kier alpha value is -1.69. The van der Waals surface area contributed by atoms with E-state index in [2.05, 4.69) is 43.5 Å². The maximum atomic E-state index is 13.7. The number of nitrogens with zero attached hydrogens (tertiary/aromatic N) is 2. The first-order chi connectivity index (χ1) is 10.0. The fourth-order valence-corrected chi connectivity index (χ4v) is 2.40. The summed E-state index contributed by atoms with van der Waals surface area (Å²) < 4.78 is 14.1. The summed E-state index contributed by atoms with van der Waals surface area (Å²) in [5, 5.41) is 6.18. The molecule has 4 nitrogen and oxygen atoms in total. The van der Waals surface area contributed by atoms with Crippen molar-refractivity contribution in [3.05, 3.63) is 39.9 Å². The van der Waals surface area contributed by atoms with Crippen LogP contribution in [0.3, 0.4) is 0 Å². The predicted octanol–water partition coefficient (Wildman–Crippen LogP) is 4.42. The van der Waals surface area contributed by atoms with Crippen molar-refractivity contribution in [2.24, 2.45) is 0 Å². The highest BCUT2D eigenvalue weighted by Crippen LogP contribution is 2.26. The third-order valence-corrected chi connectivity index (χ3v) is 3.64. The highest BCUT2D eigenvalue weighted by Gasteiger charge is 2.08. The molecular weight excluding hydrogens is 335 g/mol. The van der Waals surface area contributed by atoms with Gasteiger partial charge in [0, 0.05) is 25.2 Å². The van der Waals surface area contributed by atoms with E-state index in [-0.39, 0.29) is 5.82 Å². The number of hydrogen-bond acceptors (Lipinski definition) is 4. The minimum Gasteiger partial charge on any atom is -0.373 e. The van der Waals surface area contributed by atoms with Crippen LogP contribution in [0.4, 0.5) is 21.7 Å². The second-order valence-corrected chi connectivity index (χ2v) is 5.62. The molecule has 0 saturated carbocycles. The Morgan fingerprint density at radius 2 is 1.90 bits per heavy atom. The maximum absolute atomic E-state index is 13.7. The predicted molar refractivity (Wildman–Crippen MR) is 87.7 cm³/mol. The molecular formula is C15H18BrFN4. The van der Waals surface area contributed by atoms with Crippen LogP contribution < -0.4 is 10.6 Å². The van der Waals surface area contributed by atoms with Crippen LogP contribution >= 0.6 is 15.9 Å². The number of aromatic nitrogens is 2. The van der Waals surface area contributed by atoms with Gasteiger partial charge >= 0.3 is 0 Å². The van der Waals surface area contributed by atoms with E-state index < -0.39 is 0 Å². The van der Waals surface area contributed by atoms with E-state index >= 15 is 0 Å². The molecule has 0 amide bonds. The van der Waals surface area contributed by atoms with E-state index in [9.17, 15) is 4.39 Å². The van der Waals surface area contributed by atoms with Gasteiger partial charge in [-0.3, -0.25) is 0 Å². The summed E-state index contributed by atoms with van der Waals surface area (Å²) in [7, 11) is 1.81. The molecule has 2 aromatic rings.